The summed E-state index contributed by atoms with van der Waals surface area (Å²) < 4.78 is 16.2. The van der Waals surface area contributed by atoms with Gasteiger partial charge in [0.1, 0.15) is 11.5 Å². The third-order valence-electron chi connectivity index (χ3n) is 10.3. The van der Waals surface area contributed by atoms with E-state index >= 15 is 0 Å². The predicted molar refractivity (Wildman–Crippen MR) is 211 cm³/mol. The van der Waals surface area contributed by atoms with E-state index in [1.54, 1.807) is 14.2 Å². The van der Waals surface area contributed by atoms with Gasteiger partial charge in [0.2, 0.25) is 0 Å². The minimum Gasteiger partial charge on any atom is -0.497 e. The Balaban J connectivity index is 1.53. The van der Waals surface area contributed by atoms with Crippen LogP contribution in [0, 0.1) is 25.2 Å². The average molecular weight is 675 g/mol. The van der Waals surface area contributed by atoms with Crippen LogP contribution in [0.3, 0.4) is 0 Å². The van der Waals surface area contributed by atoms with Crippen molar-refractivity contribution in [1.82, 2.24) is 14.1 Å². The molecule has 3 aromatic heterocycles. The van der Waals surface area contributed by atoms with Crippen LogP contribution in [0.15, 0.2) is 134 Å². The van der Waals surface area contributed by atoms with Crippen molar-refractivity contribution in [2.75, 3.05) is 14.2 Å². The van der Waals surface area contributed by atoms with Crippen LogP contribution < -0.4 is 9.47 Å². The highest BCUT2D eigenvalue weighted by atomic mass is 16.5. The lowest BCUT2D eigenvalue weighted by atomic mass is 9.88. The summed E-state index contributed by atoms with van der Waals surface area (Å²) in [6.07, 6.45) is 3.72. The fourth-order valence-corrected chi connectivity index (χ4v) is 8.12. The molecule has 0 aliphatic carbocycles. The molecule has 6 nitrogen and oxygen atoms in total. The number of aryl methyl sites for hydroxylation is 2. The van der Waals surface area contributed by atoms with Gasteiger partial charge >= 0.3 is 0 Å². The van der Waals surface area contributed by atoms with Crippen LogP contribution in [0.4, 0.5) is 0 Å². The second kappa shape index (κ2) is 12.2. The van der Waals surface area contributed by atoms with Gasteiger partial charge in [0.25, 0.3) is 0 Å². The van der Waals surface area contributed by atoms with Crippen molar-refractivity contribution in [3.8, 4) is 51.2 Å². The number of ether oxygens (including phenoxy) is 2. The number of para-hydroxylation sites is 2. The molecule has 52 heavy (non-hydrogen) atoms. The number of rotatable bonds is 6. The molecule has 0 unspecified atom stereocenters. The molecule has 9 rings (SSSR count). The zero-order valence-electron chi connectivity index (χ0n) is 29.3. The minimum absolute atomic E-state index is 0.649. The maximum atomic E-state index is 9.89. The normalized spacial score (nSPS) is 11.4. The SMILES string of the molecule is COc1ccc2c(c1)c1ccccc1n2-c1ccc(-c2c(C)cc(C#N)cc2C)c(-n2c3ccccc3c3cc(OC)ccc32)c1-c1ccncc1. The molecule has 0 radical (unpaired) electrons. The predicted octanol–water partition coefficient (Wildman–Crippen LogP) is 11.1. The number of methoxy groups -OCH3 is 2. The lowest BCUT2D eigenvalue weighted by Gasteiger charge is -2.25. The molecule has 6 heteroatoms. The van der Waals surface area contributed by atoms with Crippen LogP contribution in [-0.4, -0.2) is 28.3 Å². The highest BCUT2D eigenvalue weighted by Crippen LogP contribution is 2.47. The monoisotopic (exact) mass is 674 g/mol. The summed E-state index contributed by atoms with van der Waals surface area (Å²) in [6.45, 7) is 4.20. The molecule has 0 atom stereocenters. The highest BCUT2D eigenvalue weighted by Gasteiger charge is 2.26. The third-order valence-corrected chi connectivity index (χ3v) is 10.3. The van der Waals surface area contributed by atoms with E-state index in [-0.39, 0.29) is 0 Å². The second-order valence-electron chi connectivity index (χ2n) is 13.2. The summed E-state index contributed by atoms with van der Waals surface area (Å²) in [5.74, 6) is 1.62. The summed E-state index contributed by atoms with van der Waals surface area (Å²) in [5.41, 5.74) is 13.4. The number of hydrogen-bond acceptors (Lipinski definition) is 4. The molecular weight excluding hydrogens is 641 g/mol. The molecule has 0 aliphatic rings. The van der Waals surface area contributed by atoms with Crippen LogP contribution in [-0.2, 0) is 0 Å². The van der Waals surface area contributed by atoms with E-state index in [2.05, 4.69) is 131 Å². The first kappa shape index (κ1) is 31.2. The fraction of sp³-hybridized carbons (Fsp3) is 0.0870. The van der Waals surface area contributed by atoms with Crippen LogP contribution in [0.5, 0.6) is 11.5 Å². The van der Waals surface area contributed by atoms with Crippen LogP contribution in [0.1, 0.15) is 16.7 Å². The van der Waals surface area contributed by atoms with Gasteiger partial charge in [0.15, 0.2) is 0 Å². The Morgan fingerprint density at radius 3 is 1.67 bits per heavy atom. The summed E-state index contributed by atoms with van der Waals surface area (Å²) in [6, 6.07) is 44.8. The maximum absolute atomic E-state index is 9.89. The van der Waals surface area contributed by atoms with Crippen molar-refractivity contribution >= 4 is 43.6 Å². The van der Waals surface area contributed by atoms with E-state index in [0.29, 0.717) is 5.56 Å². The number of hydrogen-bond donors (Lipinski definition) is 0. The van der Waals surface area contributed by atoms with Crippen molar-refractivity contribution in [1.29, 1.82) is 5.26 Å². The van der Waals surface area contributed by atoms with Crippen LogP contribution >= 0.6 is 0 Å². The molecule has 0 amide bonds. The number of nitriles is 1. The van der Waals surface area contributed by atoms with Crippen molar-refractivity contribution in [3.63, 3.8) is 0 Å². The Morgan fingerprint density at radius 2 is 1.10 bits per heavy atom. The van der Waals surface area contributed by atoms with Gasteiger partial charge < -0.3 is 18.6 Å². The first-order valence-electron chi connectivity index (χ1n) is 17.2. The van der Waals surface area contributed by atoms with Crippen molar-refractivity contribution in [2.24, 2.45) is 0 Å². The quantitative estimate of drug-likeness (QED) is 0.176. The fourth-order valence-electron chi connectivity index (χ4n) is 8.12. The molecule has 0 saturated carbocycles. The van der Waals surface area contributed by atoms with Crippen molar-refractivity contribution in [3.05, 3.63) is 150 Å². The topological polar surface area (TPSA) is 65.0 Å². The number of fused-ring (bicyclic) bond motifs is 6. The largest absolute Gasteiger partial charge is 0.497 e. The van der Waals surface area contributed by atoms with Gasteiger partial charge in [-0.3, -0.25) is 4.98 Å². The molecule has 250 valence electrons. The van der Waals surface area contributed by atoms with Gasteiger partial charge in [-0.05, 0) is 115 Å². The summed E-state index contributed by atoms with van der Waals surface area (Å²) in [7, 11) is 3.42. The highest BCUT2D eigenvalue weighted by molar-refractivity contribution is 6.13. The first-order chi connectivity index (χ1) is 25.5. The van der Waals surface area contributed by atoms with E-state index < -0.39 is 0 Å². The van der Waals surface area contributed by atoms with Gasteiger partial charge in [-0.1, -0.05) is 42.5 Å². The molecule has 9 aromatic rings. The smallest absolute Gasteiger partial charge is 0.119 e. The van der Waals surface area contributed by atoms with Crippen LogP contribution in [0.2, 0.25) is 0 Å². The Hall–Kier alpha value is -6.84. The number of aromatic nitrogens is 3. The molecule has 0 fully saturated rings. The van der Waals surface area contributed by atoms with Gasteiger partial charge in [0.05, 0.1) is 59.3 Å². The van der Waals surface area contributed by atoms with E-state index in [1.807, 2.05) is 36.7 Å². The van der Waals surface area contributed by atoms with Gasteiger partial charge in [-0.25, -0.2) is 0 Å². The zero-order chi connectivity index (χ0) is 35.5. The minimum atomic E-state index is 0.649. The number of nitrogens with zero attached hydrogens (tertiary/aromatic N) is 4. The molecule has 0 N–H and O–H groups in total. The maximum Gasteiger partial charge on any atom is 0.119 e. The van der Waals surface area contributed by atoms with E-state index in [0.717, 1.165) is 99.9 Å². The molecule has 0 spiro atoms. The van der Waals surface area contributed by atoms with Crippen LogP contribution in [0.25, 0.3) is 77.2 Å². The summed E-state index contributed by atoms with van der Waals surface area (Å²) in [5, 5.41) is 14.4. The van der Waals surface area contributed by atoms with E-state index in [9.17, 15) is 5.26 Å². The molecule has 0 aliphatic heterocycles. The summed E-state index contributed by atoms with van der Waals surface area (Å²) >= 11 is 0. The van der Waals surface area contributed by atoms with E-state index in [4.69, 9.17) is 9.47 Å². The van der Waals surface area contributed by atoms with Crippen molar-refractivity contribution in [2.45, 2.75) is 13.8 Å². The lowest BCUT2D eigenvalue weighted by Crippen LogP contribution is -2.07. The summed E-state index contributed by atoms with van der Waals surface area (Å²) in [4.78, 5) is 4.45. The van der Waals surface area contributed by atoms with Crippen molar-refractivity contribution < 1.29 is 9.47 Å². The second-order valence-corrected chi connectivity index (χ2v) is 13.2. The average Bonchev–Trinajstić information content (AvgIpc) is 3.69. The Bertz CT molecular complexity index is 2890. The Morgan fingerprint density at radius 1 is 0.558 bits per heavy atom. The molecule has 0 bridgehead atoms. The number of benzene rings is 6. The molecule has 0 saturated heterocycles. The van der Waals surface area contributed by atoms with Gasteiger partial charge in [-0.2, -0.15) is 5.26 Å². The van der Waals surface area contributed by atoms with E-state index in [1.165, 1.54) is 0 Å². The standard InChI is InChI=1S/C46H34N4O2/c1-28-23-30(27-47)24-29(2)44(28)36-15-18-43(49-39-11-7-5-9-34(39)37-25-32(51-3)13-16-41(37)49)45(31-19-21-48-22-20-31)46(36)50-40-12-8-6-10-35(40)38-26-33(52-4)14-17-42(38)50/h5-26H,1-4H3. The Kier molecular flexibility index (Phi) is 7.30. The molecule has 6 aromatic carbocycles. The lowest BCUT2D eigenvalue weighted by molar-refractivity contribution is 0.415. The molecule has 3 heterocycles. The van der Waals surface area contributed by atoms with Gasteiger partial charge in [-0.15, -0.1) is 0 Å². The van der Waals surface area contributed by atoms with Gasteiger partial charge in [0, 0.05) is 45.1 Å². The third kappa shape index (κ3) is 4.67. The number of pyridine rings is 1. The molecular formula is C46H34N4O2. The Labute approximate surface area is 301 Å². The zero-order valence-corrected chi connectivity index (χ0v) is 29.3. The first-order valence-corrected chi connectivity index (χ1v) is 17.2.